The number of sulfonamides is 1. The topological polar surface area (TPSA) is 95.7 Å². The number of aryl methyl sites for hydroxylation is 1. The third-order valence-corrected chi connectivity index (χ3v) is 6.88. The van der Waals surface area contributed by atoms with Crippen LogP contribution in [0.1, 0.15) is 31.2 Å². The molecule has 1 fully saturated rings. The third-order valence-electron chi connectivity index (χ3n) is 5.17. The molecule has 1 aliphatic rings. The number of hydrogen-bond donors (Lipinski definition) is 1. The van der Waals surface area contributed by atoms with E-state index in [-0.39, 0.29) is 24.0 Å². The monoisotopic (exact) mass is 406 g/mol. The summed E-state index contributed by atoms with van der Waals surface area (Å²) in [5, 5.41) is 9.76. The van der Waals surface area contributed by atoms with Crippen LogP contribution in [0.4, 0.5) is 4.79 Å². The highest BCUT2D eigenvalue weighted by atomic mass is 32.2. The predicted molar refractivity (Wildman–Crippen MR) is 105 cm³/mol. The minimum Gasteiger partial charge on any atom is -0.465 e. The van der Waals surface area contributed by atoms with E-state index >= 15 is 0 Å². The summed E-state index contributed by atoms with van der Waals surface area (Å²) in [6.07, 6.45) is 3.49. The van der Waals surface area contributed by atoms with E-state index < -0.39 is 22.2 Å². The van der Waals surface area contributed by atoms with Gasteiger partial charge in [0, 0.05) is 38.8 Å². The number of imidazole rings is 1. The fourth-order valence-corrected chi connectivity index (χ4v) is 5.13. The normalized spacial score (nSPS) is 20.4. The van der Waals surface area contributed by atoms with Gasteiger partial charge in [0.1, 0.15) is 0 Å². The Labute approximate surface area is 165 Å². The van der Waals surface area contributed by atoms with Crippen LogP contribution in [0.3, 0.4) is 0 Å². The number of aromatic nitrogens is 2. The Hall–Kier alpha value is -2.39. The van der Waals surface area contributed by atoms with Gasteiger partial charge in [0.2, 0.25) is 0 Å². The number of unbranched alkanes of at least 4 members (excludes halogenated alkanes) is 1. The first-order valence-corrected chi connectivity index (χ1v) is 10.8. The molecule has 28 heavy (non-hydrogen) atoms. The van der Waals surface area contributed by atoms with E-state index in [0.29, 0.717) is 6.54 Å². The van der Waals surface area contributed by atoms with Crippen molar-refractivity contribution in [2.45, 2.75) is 36.8 Å². The summed E-state index contributed by atoms with van der Waals surface area (Å²) in [5.41, 5.74) is 0.939. The number of amides is 1. The molecule has 1 aromatic heterocycles. The van der Waals surface area contributed by atoms with Gasteiger partial charge in [0.15, 0.2) is 5.03 Å². The van der Waals surface area contributed by atoms with Crippen LogP contribution in [-0.4, -0.2) is 64.0 Å². The number of benzene rings is 1. The number of nitrogens with zero attached hydrogens (tertiary/aromatic N) is 4. The quantitative estimate of drug-likeness (QED) is 0.761. The molecule has 2 aromatic rings. The summed E-state index contributed by atoms with van der Waals surface area (Å²) in [5.74, 6) is -0.229. The van der Waals surface area contributed by atoms with Crippen molar-refractivity contribution in [2.24, 2.45) is 7.05 Å². The van der Waals surface area contributed by atoms with Gasteiger partial charge in [-0.2, -0.15) is 4.31 Å². The van der Waals surface area contributed by atoms with Crippen LogP contribution in [0.5, 0.6) is 0 Å². The second-order valence-corrected chi connectivity index (χ2v) is 9.00. The second-order valence-electron chi connectivity index (χ2n) is 7.11. The third kappa shape index (κ3) is 4.05. The molecule has 2 atom stereocenters. The predicted octanol–water partition coefficient (Wildman–Crippen LogP) is 2.36. The van der Waals surface area contributed by atoms with Gasteiger partial charge in [-0.15, -0.1) is 0 Å². The maximum absolute atomic E-state index is 13.1. The average Bonchev–Trinajstić information content (AvgIpc) is 3.30. The largest absolute Gasteiger partial charge is 0.465 e. The standard InChI is InChI=1S/C19H26N4O4S/c1-3-4-10-23(19(24)25)17-12-22(11-16(17)15-8-6-5-7-9-15)28(26,27)18-13-21(2)14-20-18/h5-9,13-14,16-17H,3-4,10-12H2,1-2H3,(H,24,25)/t16-,17+/m1/s1. The SMILES string of the molecule is CCCCN(C(=O)O)[C@H]1CN(S(=O)(=O)c2cn(C)cn2)C[C@@H]1c1ccccc1. The summed E-state index contributed by atoms with van der Waals surface area (Å²) in [6, 6.07) is 9.08. The van der Waals surface area contributed by atoms with E-state index in [1.807, 2.05) is 37.3 Å². The lowest BCUT2D eigenvalue weighted by atomic mass is 9.93. The Kier molecular flexibility index (Phi) is 6.04. The van der Waals surface area contributed by atoms with Crippen LogP contribution in [-0.2, 0) is 17.1 Å². The minimum absolute atomic E-state index is 0.0158. The smallest absolute Gasteiger partial charge is 0.407 e. The first-order chi connectivity index (χ1) is 13.3. The Bertz CT molecular complexity index is 913. The number of carbonyl (C=O) groups is 1. The molecule has 9 heteroatoms. The first kappa shape index (κ1) is 20.3. The highest BCUT2D eigenvalue weighted by molar-refractivity contribution is 7.89. The molecule has 2 heterocycles. The molecule has 0 spiro atoms. The molecule has 1 saturated heterocycles. The van der Waals surface area contributed by atoms with Gasteiger partial charge in [0.05, 0.1) is 12.4 Å². The maximum atomic E-state index is 13.1. The molecule has 1 aromatic carbocycles. The van der Waals surface area contributed by atoms with Crippen LogP contribution < -0.4 is 0 Å². The summed E-state index contributed by atoms with van der Waals surface area (Å²) >= 11 is 0. The Morgan fingerprint density at radius 2 is 2.00 bits per heavy atom. The molecule has 0 saturated carbocycles. The number of rotatable bonds is 7. The summed E-state index contributed by atoms with van der Waals surface area (Å²) in [6.45, 7) is 2.73. The molecule has 8 nitrogen and oxygen atoms in total. The second kappa shape index (κ2) is 8.32. The maximum Gasteiger partial charge on any atom is 0.407 e. The van der Waals surface area contributed by atoms with Gasteiger partial charge in [-0.05, 0) is 12.0 Å². The van der Waals surface area contributed by atoms with E-state index in [2.05, 4.69) is 4.98 Å². The van der Waals surface area contributed by atoms with E-state index in [4.69, 9.17) is 0 Å². The molecule has 0 unspecified atom stereocenters. The molecule has 0 bridgehead atoms. The van der Waals surface area contributed by atoms with Gasteiger partial charge in [0.25, 0.3) is 10.0 Å². The van der Waals surface area contributed by atoms with Gasteiger partial charge in [-0.1, -0.05) is 43.7 Å². The van der Waals surface area contributed by atoms with Gasteiger partial charge >= 0.3 is 6.09 Å². The summed E-state index contributed by atoms with van der Waals surface area (Å²) < 4.78 is 29.1. The summed E-state index contributed by atoms with van der Waals surface area (Å²) in [4.78, 5) is 17.3. The molecule has 0 aliphatic carbocycles. The van der Waals surface area contributed by atoms with Crippen molar-refractivity contribution in [1.29, 1.82) is 0 Å². The van der Waals surface area contributed by atoms with Crippen molar-refractivity contribution >= 4 is 16.1 Å². The van der Waals surface area contributed by atoms with Crippen molar-refractivity contribution < 1.29 is 18.3 Å². The van der Waals surface area contributed by atoms with Crippen LogP contribution in [0, 0.1) is 0 Å². The van der Waals surface area contributed by atoms with Crippen LogP contribution in [0.2, 0.25) is 0 Å². The van der Waals surface area contributed by atoms with Crippen molar-refractivity contribution in [2.75, 3.05) is 19.6 Å². The molecule has 1 aliphatic heterocycles. The zero-order valence-corrected chi connectivity index (χ0v) is 16.9. The van der Waals surface area contributed by atoms with Gasteiger partial charge < -0.3 is 14.6 Å². The molecule has 1 N–H and O–H groups in total. The molecular formula is C19H26N4O4S. The Morgan fingerprint density at radius 1 is 1.29 bits per heavy atom. The zero-order chi connectivity index (χ0) is 20.3. The Morgan fingerprint density at radius 3 is 2.57 bits per heavy atom. The zero-order valence-electron chi connectivity index (χ0n) is 16.1. The minimum atomic E-state index is -3.79. The van der Waals surface area contributed by atoms with Crippen LogP contribution in [0.25, 0.3) is 0 Å². The highest BCUT2D eigenvalue weighted by Crippen LogP contribution is 2.34. The van der Waals surface area contributed by atoms with Crippen LogP contribution >= 0.6 is 0 Å². The van der Waals surface area contributed by atoms with E-state index in [0.717, 1.165) is 18.4 Å². The van der Waals surface area contributed by atoms with Crippen molar-refractivity contribution in [3.8, 4) is 0 Å². The molecule has 152 valence electrons. The lowest BCUT2D eigenvalue weighted by Gasteiger charge is -2.30. The fraction of sp³-hybridized carbons (Fsp3) is 0.474. The highest BCUT2D eigenvalue weighted by Gasteiger charge is 2.44. The van der Waals surface area contributed by atoms with E-state index in [1.54, 1.807) is 11.6 Å². The average molecular weight is 407 g/mol. The van der Waals surface area contributed by atoms with E-state index in [9.17, 15) is 18.3 Å². The lowest BCUT2D eigenvalue weighted by molar-refractivity contribution is 0.122. The van der Waals surface area contributed by atoms with Crippen molar-refractivity contribution in [3.05, 3.63) is 48.4 Å². The molecule has 1 amide bonds. The van der Waals surface area contributed by atoms with Crippen molar-refractivity contribution in [3.63, 3.8) is 0 Å². The molecular weight excluding hydrogens is 380 g/mol. The molecule has 3 rings (SSSR count). The number of carboxylic acid groups (broad SMARTS) is 1. The fourth-order valence-electron chi connectivity index (χ4n) is 3.68. The first-order valence-electron chi connectivity index (χ1n) is 9.37. The lowest BCUT2D eigenvalue weighted by Crippen LogP contribution is -2.44. The number of hydrogen-bond acceptors (Lipinski definition) is 4. The van der Waals surface area contributed by atoms with Crippen molar-refractivity contribution in [1.82, 2.24) is 18.8 Å². The molecule has 0 radical (unpaired) electrons. The van der Waals surface area contributed by atoms with Crippen LogP contribution in [0.15, 0.2) is 47.9 Å². The summed E-state index contributed by atoms with van der Waals surface area (Å²) in [7, 11) is -2.08. The van der Waals surface area contributed by atoms with E-state index in [1.165, 1.54) is 21.7 Å². The van der Waals surface area contributed by atoms with Gasteiger partial charge in [-0.3, -0.25) is 0 Å². The van der Waals surface area contributed by atoms with Gasteiger partial charge in [-0.25, -0.2) is 18.2 Å². The Balaban J connectivity index is 1.95.